The van der Waals surface area contributed by atoms with E-state index in [2.05, 4.69) is 0 Å². The zero-order valence-corrected chi connectivity index (χ0v) is 18.9. The molecule has 1 saturated heterocycles. The van der Waals surface area contributed by atoms with E-state index in [0.29, 0.717) is 28.3 Å². The van der Waals surface area contributed by atoms with E-state index in [-0.39, 0.29) is 23.7 Å². The average molecular weight is 482 g/mol. The van der Waals surface area contributed by atoms with Crippen molar-refractivity contribution in [2.45, 2.75) is 13.0 Å². The van der Waals surface area contributed by atoms with Crippen molar-refractivity contribution in [2.75, 3.05) is 11.7 Å². The molecular weight excluding hydrogens is 464 g/mol. The smallest absolute Gasteiger partial charge is 0.308 e. The van der Waals surface area contributed by atoms with Crippen LogP contribution >= 0.6 is 0 Å². The molecule has 1 N–H and O–H groups in total. The van der Waals surface area contributed by atoms with Gasteiger partial charge in [0.2, 0.25) is 6.79 Å². The molecule has 1 atom stereocenters. The third-order valence-electron chi connectivity index (χ3n) is 5.80. The largest absolute Gasteiger partial charge is 0.507 e. The number of carbonyl (C=O) groups excluding carboxylic acids is 3. The lowest BCUT2D eigenvalue weighted by Gasteiger charge is -2.25. The number of hydrogen-bond donors (Lipinski definition) is 1. The molecule has 1 amide bonds. The van der Waals surface area contributed by atoms with Crippen LogP contribution in [0.4, 0.5) is 5.69 Å². The summed E-state index contributed by atoms with van der Waals surface area (Å²) in [6.45, 7) is 1.29. The van der Waals surface area contributed by atoms with Gasteiger partial charge in [0.05, 0.1) is 23.2 Å². The topological polar surface area (TPSA) is 126 Å². The van der Waals surface area contributed by atoms with Crippen molar-refractivity contribution < 1.29 is 33.7 Å². The summed E-state index contributed by atoms with van der Waals surface area (Å²) >= 11 is 0. The Kier molecular flexibility index (Phi) is 5.62. The molecule has 36 heavy (non-hydrogen) atoms. The Labute approximate surface area is 205 Å². The lowest BCUT2D eigenvalue weighted by atomic mass is 9.94. The molecule has 1 unspecified atom stereocenters. The molecule has 0 aromatic heterocycles. The Morgan fingerprint density at radius 3 is 2.53 bits per heavy atom. The molecule has 9 nitrogen and oxygen atoms in total. The summed E-state index contributed by atoms with van der Waals surface area (Å²) < 4.78 is 15.9. The van der Waals surface area contributed by atoms with E-state index in [1.54, 1.807) is 42.5 Å². The normalized spacial score (nSPS) is 17.7. The Bertz CT molecular complexity index is 1480. The maximum atomic E-state index is 13.3. The van der Waals surface area contributed by atoms with Crippen LogP contribution in [-0.2, 0) is 14.4 Å². The van der Waals surface area contributed by atoms with Gasteiger partial charge in [-0.15, -0.1) is 0 Å². The number of aliphatic hydroxyl groups is 1. The van der Waals surface area contributed by atoms with Crippen LogP contribution in [0, 0.1) is 11.3 Å². The van der Waals surface area contributed by atoms with E-state index in [1.807, 2.05) is 6.07 Å². The van der Waals surface area contributed by atoms with E-state index in [4.69, 9.17) is 19.5 Å². The van der Waals surface area contributed by atoms with Gasteiger partial charge in [0.25, 0.3) is 11.7 Å². The van der Waals surface area contributed by atoms with E-state index in [0.717, 1.165) is 0 Å². The fourth-order valence-corrected chi connectivity index (χ4v) is 4.22. The van der Waals surface area contributed by atoms with E-state index in [9.17, 15) is 19.5 Å². The molecule has 2 aliphatic rings. The molecule has 2 heterocycles. The van der Waals surface area contributed by atoms with Gasteiger partial charge in [0, 0.05) is 18.2 Å². The first-order valence-corrected chi connectivity index (χ1v) is 10.9. The summed E-state index contributed by atoms with van der Waals surface area (Å²) in [4.78, 5) is 39.3. The molecule has 1 fully saturated rings. The number of esters is 1. The molecule has 9 heteroatoms. The molecule has 178 valence electrons. The fraction of sp³-hybridized carbons (Fsp3) is 0.111. The summed E-state index contributed by atoms with van der Waals surface area (Å²) in [6.07, 6.45) is 0. The zero-order valence-electron chi connectivity index (χ0n) is 18.9. The number of amides is 1. The van der Waals surface area contributed by atoms with E-state index >= 15 is 0 Å². The van der Waals surface area contributed by atoms with Crippen molar-refractivity contribution in [3.8, 4) is 23.3 Å². The van der Waals surface area contributed by atoms with Crippen LogP contribution < -0.4 is 19.1 Å². The molecule has 0 saturated carbocycles. The van der Waals surface area contributed by atoms with E-state index < -0.39 is 29.5 Å². The van der Waals surface area contributed by atoms with Gasteiger partial charge in [-0.3, -0.25) is 19.3 Å². The first-order valence-electron chi connectivity index (χ1n) is 10.9. The van der Waals surface area contributed by atoms with Crippen LogP contribution in [0.15, 0.2) is 72.3 Å². The SMILES string of the molecule is CC(=O)Oc1cccc(C2/C(=C(/O)c3ccc4c(c3)OCO4)C(=O)C(=O)N2c2ccc(C#N)cc2)c1. The minimum Gasteiger partial charge on any atom is -0.507 e. The van der Waals surface area contributed by atoms with Gasteiger partial charge in [-0.1, -0.05) is 12.1 Å². The fourth-order valence-electron chi connectivity index (χ4n) is 4.22. The van der Waals surface area contributed by atoms with Crippen LogP contribution in [0.2, 0.25) is 0 Å². The number of carbonyl (C=O) groups is 3. The van der Waals surface area contributed by atoms with Gasteiger partial charge in [0.15, 0.2) is 11.5 Å². The molecule has 0 bridgehead atoms. The Morgan fingerprint density at radius 1 is 1.06 bits per heavy atom. The second-order valence-corrected chi connectivity index (χ2v) is 8.06. The summed E-state index contributed by atoms with van der Waals surface area (Å²) in [6, 6.07) is 18.2. The van der Waals surface area contributed by atoms with Crippen LogP contribution in [0.25, 0.3) is 5.76 Å². The predicted octanol–water partition coefficient (Wildman–Crippen LogP) is 3.84. The van der Waals surface area contributed by atoms with Gasteiger partial charge in [0.1, 0.15) is 11.5 Å². The van der Waals surface area contributed by atoms with Crippen molar-refractivity contribution in [1.82, 2.24) is 0 Å². The number of aliphatic hydroxyl groups excluding tert-OH is 1. The number of ether oxygens (including phenoxy) is 3. The van der Waals surface area contributed by atoms with Gasteiger partial charge < -0.3 is 19.3 Å². The molecule has 0 spiro atoms. The maximum Gasteiger partial charge on any atom is 0.308 e. The summed E-state index contributed by atoms with van der Waals surface area (Å²) in [5, 5.41) is 20.4. The zero-order chi connectivity index (χ0) is 25.4. The first-order chi connectivity index (χ1) is 17.4. The minimum atomic E-state index is -1.04. The van der Waals surface area contributed by atoms with Gasteiger partial charge >= 0.3 is 5.97 Å². The third-order valence-corrected chi connectivity index (χ3v) is 5.80. The van der Waals surface area contributed by atoms with Crippen LogP contribution in [0.1, 0.15) is 29.7 Å². The Balaban J connectivity index is 1.69. The average Bonchev–Trinajstić information content (AvgIpc) is 3.45. The van der Waals surface area contributed by atoms with E-state index in [1.165, 1.54) is 36.1 Å². The number of hydrogen-bond acceptors (Lipinski definition) is 8. The molecule has 0 radical (unpaired) electrons. The van der Waals surface area contributed by atoms with Crippen molar-refractivity contribution in [2.24, 2.45) is 0 Å². The number of ketones is 1. The number of rotatable bonds is 4. The van der Waals surface area contributed by atoms with Gasteiger partial charge in [-0.05, 0) is 60.2 Å². The molecular formula is C27H18N2O7. The maximum absolute atomic E-state index is 13.3. The van der Waals surface area contributed by atoms with Crippen molar-refractivity contribution in [3.05, 3.63) is 89.0 Å². The quantitative estimate of drug-likeness (QED) is 0.195. The standard InChI is InChI=1S/C27H18N2O7/c1-15(30)36-20-4-2-3-17(11-20)24-23(25(31)18-7-10-21-22(12-18)35-14-34-21)26(32)27(33)29(24)19-8-5-16(13-28)6-9-19/h2-12,24,31H,14H2,1H3/b25-23-. The number of nitriles is 1. The number of fused-ring (bicyclic) bond motifs is 1. The molecule has 0 aliphatic carbocycles. The summed E-state index contributed by atoms with van der Waals surface area (Å²) in [5.74, 6) is -1.57. The monoisotopic (exact) mass is 482 g/mol. The summed E-state index contributed by atoms with van der Waals surface area (Å²) in [7, 11) is 0. The van der Waals surface area contributed by atoms with Crippen molar-refractivity contribution in [3.63, 3.8) is 0 Å². The second-order valence-electron chi connectivity index (χ2n) is 8.06. The minimum absolute atomic E-state index is 0.0333. The number of benzene rings is 3. The second kappa shape index (κ2) is 8.92. The molecule has 3 aromatic carbocycles. The Hall–Kier alpha value is -5.10. The first kappa shape index (κ1) is 22.7. The highest BCUT2D eigenvalue weighted by Crippen LogP contribution is 2.44. The van der Waals surface area contributed by atoms with Crippen molar-refractivity contribution in [1.29, 1.82) is 5.26 Å². The molecule has 2 aliphatic heterocycles. The predicted molar refractivity (Wildman–Crippen MR) is 126 cm³/mol. The highest BCUT2D eigenvalue weighted by atomic mass is 16.7. The number of Topliss-reactive ketones (excluding diaryl/α,β-unsaturated/α-hetero) is 1. The Morgan fingerprint density at radius 2 is 1.81 bits per heavy atom. The summed E-state index contributed by atoms with van der Waals surface area (Å²) in [5.41, 5.74) is 1.27. The van der Waals surface area contributed by atoms with Crippen LogP contribution in [0.5, 0.6) is 17.2 Å². The van der Waals surface area contributed by atoms with Crippen LogP contribution in [0.3, 0.4) is 0 Å². The molecule has 3 aromatic rings. The van der Waals surface area contributed by atoms with Crippen molar-refractivity contribution >= 4 is 29.1 Å². The van der Waals surface area contributed by atoms with Gasteiger partial charge in [-0.25, -0.2) is 0 Å². The number of anilines is 1. The molecule has 5 rings (SSSR count). The lowest BCUT2D eigenvalue weighted by molar-refractivity contribution is -0.132. The highest BCUT2D eigenvalue weighted by molar-refractivity contribution is 6.51. The van der Waals surface area contributed by atoms with Crippen LogP contribution in [-0.4, -0.2) is 29.6 Å². The highest BCUT2D eigenvalue weighted by Gasteiger charge is 2.47. The third kappa shape index (κ3) is 3.91. The van der Waals surface area contributed by atoms with Gasteiger partial charge in [-0.2, -0.15) is 5.26 Å². The lowest BCUT2D eigenvalue weighted by Crippen LogP contribution is -2.29. The number of nitrogens with zero attached hydrogens (tertiary/aromatic N) is 2.